The number of rotatable bonds is 5. The van der Waals surface area contributed by atoms with E-state index in [1.165, 1.54) is 5.56 Å². The van der Waals surface area contributed by atoms with Crippen molar-refractivity contribution in [3.8, 4) is 5.75 Å². The topological polar surface area (TPSA) is 50.4 Å². The normalized spacial score (nSPS) is 11.3. The fourth-order valence-corrected chi connectivity index (χ4v) is 1.67. The van der Waals surface area contributed by atoms with Gasteiger partial charge in [-0.3, -0.25) is 0 Å². The van der Waals surface area contributed by atoms with Gasteiger partial charge in [-0.25, -0.2) is 4.79 Å². The van der Waals surface area contributed by atoms with Crippen molar-refractivity contribution in [3.05, 3.63) is 29.8 Å². The molecule has 4 heteroatoms. The lowest BCUT2D eigenvalue weighted by molar-refractivity contribution is 0.228. The molecule has 1 rings (SSSR count). The molecule has 2 N–H and O–H groups in total. The lowest BCUT2D eigenvalue weighted by atomic mass is 10.0. The van der Waals surface area contributed by atoms with Crippen LogP contribution in [0.2, 0.25) is 0 Å². The van der Waals surface area contributed by atoms with Crippen LogP contribution in [0.1, 0.15) is 46.1 Å². The maximum Gasteiger partial charge on any atom is 0.315 e. The average Bonchev–Trinajstić information content (AvgIpc) is 2.33. The summed E-state index contributed by atoms with van der Waals surface area (Å²) >= 11 is 0. The van der Waals surface area contributed by atoms with Gasteiger partial charge >= 0.3 is 6.03 Å². The summed E-state index contributed by atoms with van der Waals surface area (Å²) in [4.78, 5) is 11.5. The Morgan fingerprint density at radius 3 is 2.30 bits per heavy atom. The van der Waals surface area contributed by atoms with E-state index in [9.17, 15) is 4.79 Å². The summed E-state index contributed by atoms with van der Waals surface area (Å²) in [6.07, 6.45) is 0. The van der Waals surface area contributed by atoms with Gasteiger partial charge in [0.25, 0.3) is 0 Å². The van der Waals surface area contributed by atoms with Crippen LogP contribution in [-0.2, 0) is 0 Å². The molecule has 0 atom stereocenters. The molecular formula is C16H26N2O2. The minimum absolute atomic E-state index is 0.170. The molecule has 0 unspecified atom stereocenters. The highest BCUT2D eigenvalue weighted by atomic mass is 16.5. The fourth-order valence-electron chi connectivity index (χ4n) is 1.67. The van der Waals surface area contributed by atoms with E-state index in [1.54, 1.807) is 0 Å². The van der Waals surface area contributed by atoms with Gasteiger partial charge in [-0.1, -0.05) is 26.0 Å². The van der Waals surface area contributed by atoms with Crippen LogP contribution in [0.15, 0.2) is 24.3 Å². The third kappa shape index (κ3) is 6.45. The van der Waals surface area contributed by atoms with E-state index >= 15 is 0 Å². The molecule has 0 aromatic heterocycles. The van der Waals surface area contributed by atoms with Gasteiger partial charge in [-0.05, 0) is 44.4 Å². The lowest BCUT2D eigenvalue weighted by Gasteiger charge is -2.20. The predicted molar refractivity (Wildman–Crippen MR) is 82.3 cm³/mol. The molecule has 0 heterocycles. The Hall–Kier alpha value is -1.71. The zero-order valence-corrected chi connectivity index (χ0v) is 13.1. The standard InChI is InChI=1S/C16H26N2O2/c1-12(2)13-6-8-14(9-7-13)20-11-10-17-15(19)18-16(3,4)5/h6-9,12H,10-11H2,1-5H3,(H2,17,18,19). The van der Waals surface area contributed by atoms with E-state index in [2.05, 4.69) is 36.6 Å². The zero-order valence-electron chi connectivity index (χ0n) is 13.1. The molecule has 0 saturated carbocycles. The summed E-state index contributed by atoms with van der Waals surface area (Å²) in [5, 5.41) is 5.60. The highest BCUT2D eigenvalue weighted by Gasteiger charge is 2.12. The van der Waals surface area contributed by atoms with Crippen molar-refractivity contribution in [2.75, 3.05) is 13.2 Å². The van der Waals surface area contributed by atoms with Crippen LogP contribution in [0, 0.1) is 0 Å². The number of urea groups is 1. The molecular weight excluding hydrogens is 252 g/mol. The number of carbonyl (C=O) groups excluding carboxylic acids is 1. The highest BCUT2D eigenvalue weighted by molar-refractivity contribution is 5.74. The van der Waals surface area contributed by atoms with Crippen LogP contribution in [0.4, 0.5) is 4.79 Å². The largest absolute Gasteiger partial charge is 0.492 e. The number of carbonyl (C=O) groups is 1. The van der Waals surface area contributed by atoms with Gasteiger partial charge in [-0.15, -0.1) is 0 Å². The molecule has 0 radical (unpaired) electrons. The lowest BCUT2D eigenvalue weighted by Crippen LogP contribution is -2.47. The molecule has 0 saturated heterocycles. The maximum absolute atomic E-state index is 11.5. The van der Waals surface area contributed by atoms with Gasteiger partial charge in [0, 0.05) is 5.54 Å². The molecule has 0 spiro atoms. The van der Waals surface area contributed by atoms with Crippen LogP contribution >= 0.6 is 0 Å². The highest BCUT2D eigenvalue weighted by Crippen LogP contribution is 2.18. The summed E-state index contributed by atoms with van der Waals surface area (Å²) in [6.45, 7) is 11.1. The van der Waals surface area contributed by atoms with Gasteiger partial charge in [0.15, 0.2) is 0 Å². The Morgan fingerprint density at radius 1 is 1.20 bits per heavy atom. The molecule has 4 nitrogen and oxygen atoms in total. The quantitative estimate of drug-likeness (QED) is 0.812. The van der Waals surface area contributed by atoms with Crippen LogP contribution < -0.4 is 15.4 Å². The van der Waals surface area contributed by atoms with Crippen LogP contribution in [-0.4, -0.2) is 24.7 Å². The zero-order chi connectivity index (χ0) is 15.2. The Balaban J connectivity index is 2.26. The molecule has 1 aromatic rings. The van der Waals surface area contributed by atoms with Crippen molar-refractivity contribution in [1.29, 1.82) is 0 Å². The van der Waals surface area contributed by atoms with E-state index in [0.29, 0.717) is 19.1 Å². The van der Waals surface area contributed by atoms with Gasteiger partial charge in [0.05, 0.1) is 6.54 Å². The number of hydrogen-bond donors (Lipinski definition) is 2. The van der Waals surface area contributed by atoms with Crippen LogP contribution in [0.5, 0.6) is 5.75 Å². The van der Waals surface area contributed by atoms with Gasteiger partial charge in [-0.2, -0.15) is 0 Å². The summed E-state index contributed by atoms with van der Waals surface area (Å²) in [7, 11) is 0. The molecule has 1 aromatic carbocycles. The first kappa shape index (κ1) is 16.3. The fraction of sp³-hybridized carbons (Fsp3) is 0.562. The first-order valence-electron chi connectivity index (χ1n) is 7.07. The van der Waals surface area contributed by atoms with Crippen molar-refractivity contribution in [2.45, 2.75) is 46.1 Å². The molecule has 112 valence electrons. The number of ether oxygens (including phenoxy) is 1. The van der Waals surface area contributed by atoms with Crippen molar-refractivity contribution in [2.24, 2.45) is 0 Å². The molecule has 2 amide bonds. The third-order valence-electron chi connectivity index (χ3n) is 2.69. The summed E-state index contributed by atoms with van der Waals surface area (Å²) in [5.41, 5.74) is 1.07. The maximum atomic E-state index is 11.5. The van der Waals surface area contributed by atoms with E-state index in [4.69, 9.17) is 4.74 Å². The van der Waals surface area contributed by atoms with Crippen molar-refractivity contribution in [1.82, 2.24) is 10.6 Å². The minimum atomic E-state index is -0.225. The molecule has 0 aliphatic rings. The van der Waals surface area contributed by atoms with Crippen LogP contribution in [0.3, 0.4) is 0 Å². The summed E-state index contributed by atoms with van der Waals surface area (Å²) < 4.78 is 5.58. The van der Waals surface area contributed by atoms with Gasteiger partial charge in [0.1, 0.15) is 12.4 Å². The predicted octanol–water partition coefficient (Wildman–Crippen LogP) is 3.29. The molecule has 0 aliphatic carbocycles. The van der Waals surface area contributed by atoms with Crippen LogP contribution in [0.25, 0.3) is 0 Å². The summed E-state index contributed by atoms with van der Waals surface area (Å²) in [6, 6.07) is 7.89. The third-order valence-corrected chi connectivity index (χ3v) is 2.69. The van der Waals surface area contributed by atoms with Crippen molar-refractivity contribution < 1.29 is 9.53 Å². The van der Waals surface area contributed by atoms with Crippen molar-refractivity contribution in [3.63, 3.8) is 0 Å². The molecule has 0 bridgehead atoms. The first-order chi connectivity index (χ1) is 9.28. The van der Waals surface area contributed by atoms with E-state index in [-0.39, 0.29) is 11.6 Å². The Morgan fingerprint density at radius 2 is 1.80 bits per heavy atom. The molecule has 0 aliphatic heterocycles. The molecule has 20 heavy (non-hydrogen) atoms. The van der Waals surface area contributed by atoms with E-state index in [0.717, 1.165) is 5.75 Å². The Kier molecular flexibility index (Phi) is 5.86. The second-order valence-electron chi connectivity index (χ2n) is 6.20. The van der Waals surface area contributed by atoms with Crippen molar-refractivity contribution >= 4 is 6.03 Å². The van der Waals surface area contributed by atoms with Gasteiger partial charge in [0.2, 0.25) is 0 Å². The molecule has 0 fully saturated rings. The number of nitrogens with one attached hydrogen (secondary N) is 2. The average molecular weight is 278 g/mol. The second-order valence-corrected chi connectivity index (χ2v) is 6.20. The number of amides is 2. The summed E-state index contributed by atoms with van der Waals surface area (Å²) in [5.74, 6) is 1.35. The monoisotopic (exact) mass is 278 g/mol. The second kappa shape index (κ2) is 7.17. The Bertz CT molecular complexity index is 419. The van der Waals surface area contributed by atoms with Gasteiger partial charge < -0.3 is 15.4 Å². The van der Waals surface area contributed by atoms with E-state index in [1.807, 2.05) is 32.9 Å². The SMILES string of the molecule is CC(C)c1ccc(OCCNC(=O)NC(C)(C)C)cc1. The smallest absolute Gasteiger partial charge is 0.315 e. The number of hydrogen-bond acceptors (Lipinski definition) is 2. The minimum Gasteiger partial charge on any atom is -0.492 e. The first-order valence-corrected chi connectivity index (χ1v) is 7.07. The Labute approximate surface area is 121 Å². The van der Waals surface area contributed by atoms with E-state index < -0.39 is 0 Å². The number of benzene rings is 1.